The predicted molar refractivity (Wildman–Crippen MR) is 104 cm³/mol. The van der Waals surface area contributed by atoms with Crippen molar-refractivity contribution in [1.29, 1.82) is 0 Å². The molecule has 1 amide bonds. The van der Waals surface area contributed by atoms with Gasteiger partial charge in [0.1, 0.15) is 0 Å². The number of rotatable bonds is 4. The first-order valence-electron chi connectivity index (χ1n) is 9.93. The minimum absolute atomic E-state index is 0.148. The fraction of sp³-hybridized carbons (Fsp3) is 0.650. The van der Waals surface area contributed by atoms with Crippen LogP contribution in [0.2, 0.25) is 0 Å². The van der Waals surface area contributed by atoms with Crippen LogP contribution >= 0.6 is 0 Å². The summed E-state index contributed by atoms with van der Waals surface area (Å²) in [6.07, 6.45) is 6.39. The van der Waals surface area contributed by atoms with Crippen LogP contribution in [0.1, 0.15) is 62.7 Å². The summed E-state index contributed by atoms with van der Waals surface area (Å²) in [4.78, 5) is 12.8. The third kappa shape index (κ3) is 5.09. The fourth-order valence-electron chi connectivity index (χ4n) is 3.97. The Labute approximate surface area is 162 Å². The molecule has 1 aliphatic heterocycles. The highest BCUT2D eigenvalue weighted by atomic mass is 32.2. The van der Waals surface area contributed by atoms with Crippen LogP contribution in [-0.2, 0) is 14.8 Å². The Bertz CT molecular complexity index is 747. The molecule has 1 N–H and O–H groups in total. The number of hydrogen-bond donors (Lipinski definition) is 1. The number of nitrogens with one attached hydrogen (secondary N) is 1. The Morgan fingerprint density at radius 2 is 1.70 bits per heavy atom. The summed E-state index contributed by atoms with van der Waals surface area (Å²) in [5.41, 5.74) is 0.398. The van der Waals surface area contributed by atoms with Gasteiger partial charge in [-0.05, 0) is 44.9 Å². The molecule has 150 valence electrons. The van der Waals surface area contributed by atoms with E-state index in [-0.39, 0.29) is 29.1 Å². The number of benzene rings is 1. The smallest absolute Gasteiger partial charge is 0.251 e. The van der Waals surface area contributed by atoms with Crippen molar-refractivity contribution in [3.05, 3.63) is 29.8 Å². The van der Waals surface area contributed by atoms with Crippen LogP contribution in [0.25, 0.3) is 0 Å². The second-order valence-corrected chi connectivity index (χ2v) is 9.71. The van der Waals surface area contributed by atoms with Gasteiger partial charge in [0, 0.05) is 24.7 Å². The number of carbonyl (C=O) groups is 1. The number of morpholine rings is 1. The largest absolute Gasteiger partial charge is 0.373 e. The van der Waals surface area contributed by atoms with Crippen molar-refractivity contribution in [3.63, 3.8) is 0 Å². The molecule has 1 saturated carbocycles. The van der Waals surface area contributed by atoms with E-state index in [0.717, 1.165) is 25.7 Å². The lowest BCUT2D eigenvalue weighted by atomic mass is 10.1. The summed E-state index contributed by atoms with van der Waals surface area (Å²) in [6, 6.07) is 6.55. The molecule has 1 aromatic carbocycles. The minimum atomic E-state index is -3.65. The zero-order chi connectivity index (χ0) is 19.4. The first-order valence-corrected chi connectivity index (χ1v) is 11.4. The van der Waals surface area contributed by atoms with Crippen LogP contribution < -0.4 is 5.32 Å². The highest BCUT2D eigenvalue weighted by Gasteiger charge is 2.32. The average molecular weight is 395 g/mol. The Hall–Kier alpha value is -1.44. The standard InChI is InChI=1S/C20H30N2O4S/c1-15-13-22(14-16(2)26-15)27(24,25)19-11-7-8-17(12-19)20(23)21-18-9-5-3-4-6-10-18/h7-8,11-12,15-16,18H,3-6,9-10,13-14H2,1-2H3,(H,21,23)/t15-,16+. The second kappa shape index (κ2) is 8.71. The lowest BCUT2D eigenvalue weighted by Gasteiger charge is -2.34. The van der Waals surface area contributed by atoms with Gasteiger partial charge in [-0.2, -0.15) is 4.31 Å². The van der Waals surface area contributed by atoms with E-state index in [1.54, 1.807) is 18.2 Å². The maximum absolute atomic E-state index is 13.0. The van der Waals surface area contributed by atoms with E-state index in [2.05, 4.69) is 5.32 Å². The molecule has 3 rings (SSSR count). The van der Waals surface area contributed by atoms with Crippen molar-refractivity contribution in [1.82, 2.24) is 9.62 Å². The van der Waals surface area contributed by atoms with Gasteiger partial charge in [-0.3, -0.25) is 4.79 Å². The van der Waals surface area contributed by atoms with E-state index in [4.69, 9.17) is 4.74 Å². The fourth-order valence-corrected chi connectivity index (χ4v) is 5.60. The SMILES string of the molecule is C[C@@H]1CN(S(=O)(=O)c2cccc(C(=O)NC3CCCCCC3)c2)C[C@H](C)O1. The molecule has 1 aliphatic carbocycles. The van der Waals surface area contributed by atoms with E-state index in [0.29, 0.717) is 18.7 Å². The number of amides is 1. The van der Waals surface area contributed by atoms with Crippen molar-refractivity contribution < 1.29 is 17.9 Å². The summed E-state index contributed by atoms with van der Waals surface area (Å²) < 4.78 is 33.1. The van der Waals surface area contributed by atoms with Gasteiger partial charge in [-0.1, -0.05) is 31.7 Å². The molecule has 1 aromatic rings. The molecular weight excluding hydrogens is 364 g/mol. The Kier molecular flexibility index (Phi) is 6.55. The average Bonchev–Trinajstić information content (AvgIpc) is 2.89. The lowest BCUT2D eigenvalue weighted by Crippen LogP contribution is -2.48. The first kappa shape index (κ1) is 20.3. The van der Waals surface area contributed by atoms with E-state index < -0.39 is 10.0 Å². The van der Waals surface area contributed by atoms with Gasteiger partial charge >= 0.3 is 0 Å². The molecular formula is C20H30N2O4S. The molecule has 2 atom stereocenters. The molecule has 27 heavy (non-hydrogen) atoms. The molecule has 6 nitrogen and oxygen atoms in total. The normalized spacial score (nSPS) is 25.7. The van der Waals surface area contributed by atoms with Crippen molar-refractivity contribution in [3.8, 4) is 0 Å². The number of nitrogens with zero attached hydrogens (tertiary/aromatic N) is 1. The van der Waals surface area contributed by atoms with Crippen LogP contribution in [0.3, 0.4) is 0 Å². The predicted octanol–water partition coefficient (Wildman–Crippen LogP) is 2.94. The van der Waals surface area contributed by atoms with Crippen molar-refractivity contribution in [2.45, 2.75) is 75.5 Å². The van der Waals surface area contributed by atoms with Gasteiger partial charge in [0.05, 0.1) is 17.1 Å². The van der Waals surface area contributed by atoms with Crippen LogP contribution in [0.5, 0.6) is 0 Å². The van der Waals surface area contributed by atoms with Crippen molar-refractivity contribution >= 4 is 15.9 Å². The second-order valence-electron chi connectivity index (χ2n) is 7.77. The molecule has 0 radical (unpaired) electrons. The van der Waals surface area contributed by atoms with E-state index in [9.17, 15) is 13.2 Å². The highest BCUT2D eigenvalue weighted by molar-refractivity contribution is 7.89. The zero-order valence-corrected chi connectivity index (χ0v) is 17.0. The summed E-state index contributed by atoms with van der Waals surface area (Å²) in [6.45, 7) is 4.39. The van der Waals surface area contributed by atoms with Gasteiger partial charge in [-0.25, -0.2) is 8.42 Å². The van der Waals surface area contributed by atoms with Gasteiger partial charge in [-0.15, -0.1) is 0 Å². The van der Waals surface area contributed by atoms with Crippen molar-refractivity contribution in [2.24, 2.45) is 0 Å². The van der Waals surface area contributed by atoms with Crippen LogP contribution in [0, 0.1) is 0 Å². The topological polar surface area (TPSA) is 75.7 Å². The van der Waals surface area contributed by atoms with E-state index in [1.165, 1.54) is 23.2 Å². The molecule has 7 heteroatoms. The summed E-state index contributed by atoms with van der Waals surface area (Å²) in [7, 11) is -3.65. The van der Waals surface area contributed by atoms with Gasteiger partial charge in [0.15, 0.2) is 0 Å². The summed E-state index contributed by atoms with van der Waals surface area (Å²) in [5.74, 6) is -0.192. The third-order valence-corrected chi connectivity index (χ3v) is 7.14. The monoisotopic (exact) mass is 394 g/mol. The molecule has 2 fully saturated rings. The molecule has 0 unspecified atom stereocenters. The number of sulfonamides is 1. The van der Waals surface area contributed by atoms with Gasteiger partial charge < -0.3 is 10.1 Å². The lowest BCUT2D eigenvalue weighted by molar-refractivity contribution is -0.0440. The molecule has 2 aliphatic rings. The molecule has 0 bridgehead atoms. The van der Waals surface area contributed by atoms with Crippen LogP contribution in [0.15, 0.2) is 29.2 Å². The minimum Gasteiger partial charge on any atom is -0.373 e. The van der Waals surface area contributed by atoms with Crippen LogP contribution in [-0.4, -0.2) is 50.0 Å². The zero-order valence-electron chi connectivity index (χ0n) is 16.2. The Balaban J connectivity index is 1.75. The number of hydrogen-bond acceptors (Lipinski definition) is 4. The molecule has 1 heterocycles. The van der Waals surface area contributed by atoms with E-state index in [1.807, 2.05) is 13.8 Å². The third-order valence-electron chi connectivity index (χ3n) is 5.31. The highest BCUT2D eigenvalue weighted by Crippen LogP contribution is 2.22. The number of carbonyl (C=O) groups excluding carboxylic acids is 1. The maximum atomic E-state index is 13.0. The molecule has 1 saturated heterocycles. The van der Waals surface area contributed by atoms with E-state index >= 15 is 0 Å². The summed E-state index contributed by atoms with van der Waals surface area (Å²) in [5, 5.41) is 3.08. The quantitative estimate of drug-likeness (QED) is 0.797. The first-order chi connectivity index (χ1) is 12.9. The molecule has 0 aromatic heterocycles. The van der Waals surface area contributed by atoms with Gasteiger partial charge in [0.25, 0.3) is 5.91 Å². The van der Waals surface area contributed by atoms with Crippen LogP contribution in [0.4, 0.5) is 0 Å². The Morgan fingerprint density at radius 3 is 2.33 bits per heavy atom. The number of ether oxygens (including phenoxy) is 1. The van der Waals surface area contributed by atoms with Crippen molar-refractivity contribution in [2.75, 3.05) is 13.1 Å². The Morgan fingerprint density at radius 1 is 1.07 bits per heavy atom. The maximum Gasteiger partial charge on any atom is 0.251 e. The molecule has 0 spiro atoms. The van der Waals surface area contributed by atoms with Gasteiger partial charge in [0.2, 0.25) is 10.0 Å². The summed E-state index contributed by atoms with van der Waals surface area (Å²) >= 11 is 0.